The first-order chi connectivity index (χ1) is 13.5. The number of para-hydroxylation sites is 1. The van der Waals surface area contributed by atoms with Gasteiger partial charge >= 0.3 is 0 Å². The molecular formula is C21H18N3O4-. The van der Waals surface area contributed by atoms with Crippen LogP contribution in [0.25, 0.3) is 10.9 Å². The number of carbonyl (C=O) groups excluding carboxylic acids is 2. The molecule has 0 bridgehead atoms. The molecule has 4 rings (SSSR count). The van der Waals surface area contributed by atoms with E-state index in [9.17, 15) is 19.5 Å². The molecule has 7 nitrogen and oxygen atoms in total. The van der Waals surface area contributed by atoms with Gasteiger partial charge in [-0.25, -0.2) is 4.98 Å². The highest BCUT2D eigenvalue weighted by Crippen LogP contribution is 2.23. The van der Waals surface area contributed by atoms with E-state index in [1.807, 2.05) is 24.3 Å². The number of rotatable bonds is 4. The van der Waals surface area contributed by atoms with Crippen molar-refractivity contribution in [2.24, 2.45) is 0 Å². The van der Waals surface area contributed by atoms with E-state index < -0.39 is 12.0 Å². The van der Waals surface area contributed by atoms with E-state index in [1.54, 1.807) is 24.3 Å². The highest BCUT2D eigenvalue weighted by atomic mass is 16.4. The van der Waals surface area contributed by atoms with Crippen molar-refractivity contribution in [3.8, 4) is 0 Å². The van der Waals surface area contributed by atoms with Crippen LogP contribution in [0.3, 0.4) is 0 Å². The number of amides is 1. The lowest BCUT2D eigenvalue weighted by molar-refractivity contribution is -0.311. The van der Waals surface area contributed by atoms with Crippen molar-refractivity contribution < 1.29 is 14.7 Å². The number of aryl methyl sites for hydroxylation is 1. The second-order valence-corrected chi connectivity index (χ2v) is 6.84. The molecule has 7 heteroatoms. The maximum atomic E-state index is 12.8. The van der Waals surface area contributed by atoms with Gasteiger partial charge in [0, 0.05) is 19.5 Å². The molecule has 1 aliphatic heterocycles. The molecule has 0 saturated heterocycles. The van der Waals surface area contributed by atoms with Gasteiger partial charge < -0.3 is 14.8 Å². The van der Waals surface area contributed by atoms with Gasteiger partial charge in [-0.1, -0.05) is 36.4 Å². The third-order valence-electron chi connectivity index (χ3n) is 5.14. The Morgan fingerprint density at radius 1 is 1.07 bits per heavy atom. The molecule has 2 aromatic carbocycles. The standard InChI is InChI=1S/C21H19N3O4/c25-19(9-10-23-13-22-17-8-4-3-7-16(17)20(23)26)24-12-15-6-2-1-5-14(15)11-18(24)21(27)28/h1-8,13,18H,9-12H2,(H,27,28)/p-1/t18-/m1/s1. The smallest absolute Gasteiger partial charge is 0.261 e. The van der Waals surface area contributed by atoms with Gasteiger partial charge in [-0.15, -0.1) is 0 Å². The minimum Gasteiger partial charge on any atom is -0.548 e. The number of carboxylic acids is 1. The van der Waals surface area contributed by atoms with Crippen molar-refractivity contribution in [1.29, 1.82) is 0 Å². The van der Waals surface area contributed by atoms with E-state index in [1.165, 1.54) is 15.8 Å². The first-order valence-corrected chi connectivity index (χ1v) is 9.06. The second-order valence-electron chi connectivity index (χ2n) is 6.84. The van der Waals surface area contributed by atoms with Crippen LogP contribution in [0.15, 0.2) is 59.7 Å². The SMILES string of the molecule is O=C([O-])[C@H]1Cc2ccccc2CN1C(=O)CCn1cnc2ccccc2c1=O. The van der Waals surface area contributed by atoms with Gasteiger partial charge in [0.2, 0.25) is 5.91 Å². The lowest BCUT2D eigenvalue weighted by Gasteiger charge is -2.37. The number of hydrogen-bond donors (Lipinski definition) is 0. The normalized spacial score (nSPS) is 16.0. The van der Waals surface area contributed by atoms with Gasteiger partial charge in [-0.3, -0.25) is 14.2 Å². The molecule has 1 atom stereocenters. The average molecular weight is 376 g/mol. The van der Waals surface area contributed by atoms with E-state index >= 15 is 0 Å². The largest absolute Gasteiger partial charge is 0.548 e. The summed E-state index contributed by atoms with van der Waals surface area (Å²) < 4.78 is 1.38. The van der Waals surface area contributed by atoms with Crippen LogP contribution in [0.1, 0.15) is 17.5 Å². The minimum atomic E-state index is -1.27. The first kappa shape index (κ1) is 17.9. The zero-order valence-corrected chi connectivity index (χ0v) is 15.1. The Morgan fingerprint density at radius 3 is 2.57 bits per heavy atom. The van der Waals surface area contributed by atoms with Crippen LogP contribution < -0.4 is 10.7 Å². The molecule has 0 N–H and O–H groups in total. The lowest BCUT2D eigenvalue weighted by atomic mass is 9.93. The maximum absolute atomic E-state index is 12.8. The van der Waals surface area contributed by atoms with Crippen LogP contribution in [0.5, 0.6) is 0 Å². The molecule has 1 aromatic heterocycles. The lowest BCUT2D eigenvalue weighted by Crippen LogP contribution is -2.53. The van der Waals surface area contributed by atoms with Gasteiger partial charge in [-0.2, -0.15) is 0 Å². The molecule has 1 aliphatic rings. The number of hydrogen-bond acceptors (Lipinski definition) is 5. The monoisotopic (exact) mass is 376 g/mol. The van der Waals surface area contributed by atoms with Crippen molar-refractivity contribution in [1.82, 2.24) is 14.5 Å². The summed E-state index contributed by atoms with van der Waals surface area (Å²) in [5, 5.41) is 12.1. The van der Waals surface area contributed by atoms with Gasteiger partial charge in [0.25, 0.3) is 5.56 Å². The molecule has 2 heterocycles. The van der Waals surface area contributed by atoms with Crippen LogP contribution in [0, 0.1) is 0 Å². The number of aliphatic carboxylic acids is 1. The summed E-state index contributed by atoms with van der Waals surface area (Å²) in [6, 6.07) is 13.5. The summed E-state index contributed by atoms with van der Waals surface area (Å²) in [6.07, 6.45) is 1.65. The van der Waals surface area contributed by atoms with Gasteiger partial charge in [0.15, 0.2) is 0 Å². The Bertz CT molecular complexity index is 1120. The molecule has 3 aromatic rings. The zero-order valence-electron chi connectivity index (χ0n) is 15.1. The quantitative estimate of drug-likeness (QED) is 0.660. The van der Waals surface area contributed by atoms with Crippen molar-refractivity contribution >= 4 is 22.8 Å². The maximum Gasteiger partial charge on any atom is 0.261 e. The number of carboxylic acid groups (broad SMARTS) is 1. The second kappa shape index (κ2) is 7.26. The Labute approximate surface area is 160 Å². The Morgan fingerprint density at radius 2 is 1.79 bits per heavy atom. The number of carbonyl (C=O) groups is 2. The van der Waals surface area contributed by atoms with Crippen LogP contribution in [0.4, 0.5) is 0 Å². The Hall–Kier alpha value is -3.48. The molecule has 142 valence electrons. The van der Waals surface area contributed by atoms with Crippen molar-refractivity contribution in [3.05, 3.63) is 76.3 Å². The molecule has 0 saturated carbocycles. The topological polar surface area (TPSA) is 95.3 Å². The fraction of sp³-hybridized carbons (Fsp3) is 0.238. The molecular weight excluding hydrogens is 358 g/mol. The highest BCUT2D eigenvalue weighted by Gasteiger charge is 2.30. The summed E-state index contributed by atoms with van der Waals surface area (Å²) in [4.78, 5) is 42.5. The summed E-state index contributed by atoms with van der Waals surface area (Å²) in [5.74, 6) is -1.60. The number of fused-ring (bicyclic) bond motifs is 2. The number of nitrogens with zero attached hydrogens (tertiary/aromatic N) is 3. The van der Waals surface area contributed by atoms with Crippen LogP contribution in [0.2, 0.25) is 0 Å². The van der Waals surface area contributed by atoms with E-state index in [-0.39, 0.29) is 37.4 Å². The molecule has 0 spiro atoms. The Kier molecular flexibility index (Phi) is 4.65. The molecule has 0 radical (unpaired) electrons. The fourth-order valence-electron chi connectivity index (χ4n) is 3.62. The van der Waals surface area contributed by atoms with Crippen molar-refractivity contribution in [2.75, 3.05) is 0 Å². The average Bonchev–Trinajstić information content (AvgIpc) is 2.72. The highest BCUT2D eigenvalue weighted by molar-refractivity contribution is 5.84. The summed E-state index contributed by atoms with van der Waals surface area (Å²) in [6.45, 7) is 0.353. The summed E-state index contributed by atoms with van der Waals surface area (Å²) in [5.41, 5.74) is 2.21. The molecule has 0 aliphatic carbocycles. The van der Waals surface area contributed by atoms with E-state index in [4.69, 9.17) is 0 Å². The van der Waals surface area contributed by atoms with Gasteiger partial charge in [0.05, 0.1) is 29.2 Å². The number of aromatic nitrogens is 2. The van der Waals surface area contributed by atoms with E-state index in [0.717, 1.165) is 11.1 Å². The Balaban J connectivity index is 1.54. The van der Waals surface area contributed by atoms with Crippen molar-refractivity contribution in [3.63, 3.8) is 0 Å². The van der Waals surface area contributed by atoms with Crippen LogP contribution >= 0.6 is 0 Å². The third-order valence-corrected chi connectivity index (χ3v) is 5.14. The van der Waals surface area contributed by atoms with E-state index in [2.05, 4.69) is 4.98 Å². The summed E-state index contributed by atoms with van der Waals surface area (Å²) in [7, 11) is 0. The summed E-state index contributed by atoms with van der Waals surface area (Å²) >= 11 is 0. The predicted octanol–water partition coefficient (Wildman–Crippen LogP) is 0.490. The third kappa shape index (κ3) is 3.26. The van der Waals surface area contributed by atoms with Crippen LogP contribution in [-0.4, -0.2) is 32.4 Å². The van der Waals surface area contributed by atoms with E-state index in [0.29, 0.717) is 10.9 Å². The number of benzene rings is 2. The molecule has 0 unspecified atom stereocenters. The molecule has 1 amide bonds. The molecule has 0 fully saturated rings. The predicted molar refractivity (Wildman–Crippen MR) is 100 cm³/mol. The molecule has 28 heavy (non-hydrogen) atoms. The fourth-order valence-corrected chi connectivity index (χ4v) is 3.62. The van der Waals surface area contributed by atoms with Gasteiger partial charge in [0.1, 0.15) is 0 Å². The van der Waals surface area contributed by atoms with Gasteiger partial charge in [-0.05, 0) is 29.7 Å². The van der Waals surface area contributed by atoms with Crippen molar-refractivity contribution in [2.45, 2.75) is 32.0 Å². The van der Waals surface area contributed by atoms with Crippen LogP contribution in [-0.2, 0) is 29.1 Å². The first-order valence-electron chi connectivity index (χ1n) is 9.06. The zero-order chi connectivity index (χ0) is 19.7. The minimum absolute atomic E-state index is 0.00583.